The van der Waals surface area contributed by atoms with Crippen molar-refractivity contribution in [3.05, 3.63) is 64.7 Å². The number of methoxy groups -OCH3 is 1. The van der Waals surface area contributed by atoms with Crippen molar-refractivity contribution in [1.29, 1.82) is 0 Å². The van der Waals surface area contributed by atoms with Crippen LogP contribution < -0.4 is 0 Å². The Morgan fingerprint density at radius 2 is 2.04 bits per heavy atom. The molecule has 0 atom stereocenters. The summed E-state index contributed by atoms with van der Waals surface area (Å²) in [5, 5.41) is 7.63. The predicted octanol–water partition coefficient (Wildman–Crippen LogP) is 4.01. The van der Waals surface area contributed by atoms with Crippen LogP contribution in [0.4, 0.5) is 0 Å². The number of aromatic amines is 1. The van der Waals surface area contributed by atoms with E-state index in [0.717, 1.165) is 29.1 Å². The van der Waals surface area contributed by atoms with Gasteiger partial charge in [0.25, 0.3) is 0 Å². The minimum absolute atomic E-state index is 0.0768. The molecule has 0 radical (unpaired) electrons. The number of hydrogen-bond acceptors (Lipinski definition) is 5. The summed E-state index contributed by atoms with van der Waals surface area (Å²) in [6.45, 7) is 5.34. The first-order valence-electron chi connectivity index (χ1n) is 9.05. The smallest absolute Gasteiger partial charge is 0.209 e. The zero-order valence-corrected chi connectivity index (χ0v) is 17.1. The van der Waals surface area contributed by atoms with Gasteiger partial charge in [-0.05, 0) is 31.6 Å². The van der Waals surface area contributed by atoms with Crippen LogP contribution in [0.5, 0.6) is 0 Å². The molecule has 1 aromatic carbocycles. The van der Waals surface area contributed by atoms with Crippen LogP contribution in [-0.2, 0) is 11.3 Å². The summed E-state index contributed by atoms with van der Waals surface area (Å²) in [5.41, 5.74) is 3.88. The average Bonchev–Trinajstić information content (AvgIpc) is 3.28. The van der Waals surface area contributed by atoms with E-state index in [0.29, 0.717) is 23.3 Å². The maximum absolute atomic E-state index is 12.7. The predicted molar refractivity (Wildman–Crippen MR) is 113 cm³/mol. The van der Waals surface area contributed by atoms with Gasteiger partial charge in [-0.1, -0.05) is 48.2 Å². The van der Waals surface area contributed by atoms with Crippen molar-refractivity contribution in [2.45, 2.75) is 25.5 Å². The molecule has 0 amide bonds. The van der Waals surface area contributed by atoms with E-state index in [2.05, 4.69) is 19.7 Å². The molecule has 1 N–H and O–H groups in total. The quantitative estimate of drug-likeness (QED) is 0.437. The number of thioether (sulfide) groups is 1. The highest BCUT2D eigenvalue weighted by Crippen LogP contribution is 2.20. The van der Waals surface area contributed by atoms with E-state index >= 15 is 0 Å². The second-order valence-electron chi connectivity index (χ2n) is 6.39. The van der Waals surface area contributed by atoms with E-state index in [1.54, 1.807) is 7.11 Å². The fourth-order valence-corrected chi connectivity index (χ4v) is 3.64. The molecule has 2 heterocycles. The van der Waals surface area contributed by atoms with Crippen molar-refractivity contribution in [2.75, 3.05) is 19.5 Å². The Labute approximate surface area is 169 Å². The van der Waals surface area contributed by atoms with Crippen molar-refractivity contribution in [2.24, 2.45) is 0 Å². The Kier molecular flexibility index (Phi) is 6.84. The number of Topliss-reactive ketones (excluding diaryl/α,β-unsaturated/α-hetero) is 1. The molecule has 0 aliphatic carbocycles. The number of carbonyl (C=O) groups excluding carboxylic acids is 1. The van der Waals surface area contributed by atoms with Crippen LogP contribution in [0, 0.1) is 13.8 Å². The van der Waals surface area contributed by atoms with Gasteiger partial charge in [0.05, 0.1) is 12.4 Å². The monoisotopic (exact) mass is 396 g/mol. The van der Waals surface area contributed by atoms with Gasteiger partial charge in [-0.15, -0.1) is 5.10 Å². The van der Waals surface area contributed by atoms with Crippen molar-refractivity contribution in [3.63, 3.8) is 0 Å². The Balaban J connectivity index is 1.60. The molecule has 3 aromatic rings. The molecule has 0 bridgehead atoms. The lowest BCUT2D eigenvalue weighted by molar-refractivity contribution is 0.102. The highest BCUT2D eigenvalue weighted by Gasteiger charge is 2.16. The van der Waals surface area contributed by atoms with Crippen molar-refractivity contribution < 1.29 is 9.53 Å². The SMILES string of the molecule is COCCn1c(C)cc(C(=O)CSc2n[nH]c(/C=C/c3ccccc3)n2)c1C. The molecule has 0 fully saturated rings. The molecule has 2 aromatic heterocycles. The third-order valence-electron chi connectivity index (χ3n) is 4.44. The topological polar surface area (TPSA) is 72.8 Å². The lowest BCUT2D eigenvalue weighted by Crippen LogP contribution is -2.09. The summed E-state index contributed by atoms with van der Waals surface area (Å²) < 4.78 is 7.26. The lowest BCUT2D eigenvalue weighted by Gasteiger charge is -2.08. The number of nitrogens with zero attached hydrogens (tertiary/aromatic N) is 3. The molecule has 0 saturated carbocycles. The van der Waals surface area contributed by atoms with Crippen LogP contribution in [0.3, 0.4) is 0 Å². The molecule has 6 nitrogen and oxygen atoms in total. The van der Waals surface area contributed by atoms with E-state index < -0.39 is 0 Å². The van der Waals surface area contributed by atoms with Crippen LogP contribution in [0.1, 0.15) is 33.1 Å². The largest absolute Gasteiger partial charge is 0.383 e. The highest BCUT2D eigenvalue weighted by molar-refractivity contribution is 7.99. The second-order valence-corrected chi connectivity index (χ2v) is 7.33. The first-order chi connectivity index (χ1) is 13.6. The number of ketones is 1. The molecular weight excluding hydrogens is 372 g/mol. The second kappa shape index (κ2) is 9.52. The van der Waals surface area contributed by atoms with Gasteiger partial charge < -0.3 is 9.30 Å². The van der Waals surface area contributed by atoms with Crippen LogP contribution in [0.2, 0.25) is 0 Å². The highest BCUT2D eigenvalue weighted by atomic mass is 32.2. The minimum atomic E-state index is 0.0768. The molecule has 28 heavy (non-hydrogen) atoms. The summed E-state index contributed by atoms with van der Waals surface area (Å²) in [7, 11) is 1.68. The molecule has 0 spiro atoms. The summed E-state index contributed by atoms with van der Waals surface area (Å²) in [5.74, 6) is 1.04. The average molecular weight is 397 g/mol. The number of ether oxygens (including phenoxy) is 1. The first kappa shape index (κ1) is 20.1. The van der Waals surface area contributed by atoms with Gasteiger partial charge in [-0.2, -0.15) is 0 Å². The van der Waals surface area contributed by atoms with E-state index in [1.165, 1.54) is 11.8 Å². The summed E-state index contributed by atoms with van der Waals surface area (Å²) >= 11 is 1.34. The minimum Gasteiger partial charge on any atom is -0.383 e. The molecule has 146 valence electrons. The number of H-pyrrole nitrogens is 1. The van der Waals surface area contributed by atoms with Gasteiger partial charge >= 0.3 is 0 Å². The van der Waals surface area contributed by atoms with Crippen molar-refractivity contribution in [1.82, 2.24) is 19.7 Å². The summed E-state index contributed by atoms with van der Waals surface area (Å²) in [6.07, 6.45) is 3.84. The van der Waals surface area contributed by atoms with Gasteiger partial charge in [-0.25, -0.2) is 4.98 Å². The van der Waals surface area contributed by atoms with Crippen LogP contribution in [0.25, 0.3) is 12.2 Å². The van der Waals surface area contributed by atoms with Gasteiger partial charge in [0.1, 0.15) is 5.82 Å². The molecule has 0 unspecified atom stereocenters. The third kappa shape index (κ3) is 4.99. The Hall–Kier alpha value is -2.64. The number of rotatable bonds is 9. The van der Waals surface area contributed by atoms with Crippen LogP contribution in [0.15, 0.2) is 41.6 Å². The van der Waals surface area contributed by atoms with Crippen LogP contribution in [-0.4, -0.2) is 45.0 Å². The summed E-state index contributed by atoms with van der Waals surface area (Å²) in [6, 6.07) is 11.9. The molecular formula is C21H24N4O2S. The molecule has 0 aliphatic rings. The first-order valence-corrected chi connectivity index (χ1v) is 10.0. The van der Waals surface area contributed by atoms with E-state index in [1.807, 2.05) is 62.4 Å². The van der Waals surface area contributed by atoms with Gasteiger partial charge in [-0.3, -0.25) is 9.89 Å². The number of hydrogen-bond donors (Lipinski definition) is 1. The van der Waals surface area contributed by atoms with Gasteiger partial charge in [0.15, 0.2) is 5.78 Å². The Morgan fingerprint density at radius 3 is 2.79 bits per heavy atom. The zero-order valence-electron chi connectivity index (χ0n) is 16.3. The Bertz CT molecular complexity index is 960. The lowest BCUT2D eigenvalue weighted by atomic mass is 10.2. The standard InChI is InChI=1S/C21H24N4O2S/c1-15-13-18(16(2)25(15)11-12-27-3)19(26)14-28-21-22-20(23-24-21)10-9-17-7-5-4-6-8-17/h4-10,13H,11-12,14H2,1-3H3,(H,22,23,24)/b10-9+. The fourth-order valence-electron chi connectivity index (χ4n) is 2.95. The van der Waals surface area contributed by atoms with Crippen molar-refractivity contribution in [3.8, 4) is 0 Å². The number of aromatic nitrogens is 4. The van der Waals surface area contributed by atoms with E-state index in [4.69, 9.17) is 4.74 Å². The van der Waals surface area contributed by atoms with Crippen LogP contribution >= 0.6 is 11.8 Å². The molecule has 7 heteroatoms. The molecule has 0 saturated heterocycles. The number of carbonyl (C=O) groups is 1. The third-order valence-corrected chi connectivity index (χ3v) is 5.29. The maximum Gasteiger partial charge on any atom is 0.209 e. The molecule has 3 rings (SSSR count). The number of benzene rings is 1. The van der Waals surface area contributed by atoms with Gasteiger partial charge in [0, 0.05) is 30.6 Å². The van der Waals surface area contributed by atoms with E-state index in [-0.39, 0.29) is 5.78 Å². The summed E-state index contributed by atoms with van der Waals surface area (Å²) in [4.78, 5) is 17.1. The van der Waals surface area contributed by atoms with Gasteiger partial charge in [0.2, 0.25) is 5.16 Å². The van der Waals surface area contributed by atoms with E-state index in [9.17, 15) is 4.79 Å². The normalized spacial score (nSPS) is 11.4. The molecule has 0 aliphatic heterocycles. The Morgan fingerprint density at radius 1 is 1.25 bits per heavy atom. The fraction of sp³-hybridized carbons (Fsp3) is 0.286. The van der Waals surface area contributed by atoms with Crippen molar-refractivity contribution >= 4 is 29.7 Å². The number of aryl methyl sites for hydroxylation is 1. The zero-order chi connectivity index (χ0) is 19.9. The number of nitrogens with one attached hydrogen (secondary N) is 1. The maximum atomic E-state index is 12.7.